The van der Waals surface area contributed by atoms with Gasteiger partial charge in [-0.25, -0.2) is 0 Å². The van der Waals surface area contributed by atoms with E-state index in [0.717, 1.165) is 21.4 Å². The van der Waals surface area contributed by atoms with Crippen LogP contribution in [0.25, 0.3) is 10.8 Å². The number of hydrogen-bond donors (Lipinski definition) is 0. The van der Waals surface area contributed by atoms with Gasteiger partial charge in [0.2, 0.25) is 0 Å². The highest BCUT2D eigenvalue weighted by Gasteiger charge is 2.15. The molecule has 16 heavy (non-hydrogen) atoms. The van der Waals surface area contributed by atoms with Crippen molar-refractivity contribution < 1.29 is 0 Å². The van der Waals surface area contributed by atoms with Crippen LogP contribution in [-0.2, 0) is 0 Å². The highest BCUT2D eigenvalue weighted by molar-refractivity contribution is 8.10. The van der Waals surface area contributed by atoms with Crippen LogP contribution in [0.2, 0.25) is 0 Å². The summed E-state index contributed by atoms with van der Waals surface area (Å²) in [7, 11) is 0. The van der Waals surface area contributed by atoms with Gasteiger partial charge >= 0.3 is 0 Å². The van der Waals surface area contributed by atoms with Crippen molar-refractivity contribution in [2.24, 2.45) is 0 Å². The van der Waals surface area contributed by atoms with Crippen LogP contribution in [0.1, 0.15) is 0 Å². The summed E-state index contributed by atoms with van der Waals surface area (Å²) < 4.78 is 0. The summed E-state index contributed by atoms with van der Waals surface area (Å²) in [6, 6.07) is 11.7. The molecule has 0 spiro atoms. The molecule has 0 nitrogen and oxygen atoms in total. The maximum Gasteiger partial charge on any atom is 0.117 e. The lowest BCUT2D eigenvalue weighted by atomic mass is 10.1. The van der Waals surface area contributed by atoms with Crippen molar-refractivity contribution >= 4 is 79.6 Å². The maximum atomic E-state index is 6.01. The Hall–Kier alpha value is 0.720. The van der Waals surface area contributed by atoms with Crippen LogP contribution in [0.15, 0.2) is 36.4 Å². The smallest absolute Gasteiger partial charge is 0.0727 e. The Bertz CT molecular complexity index is 470. The summed E-state index contributed by atoms with van der Waals surface area (Å²) in [6.07, 6.45) is 0. The third-order valence-corrected chi connectivity index (χ3v) is 5.88. The molecular weight excluding hydrogens is 324 g/mol. The number of fused-ring (bicyclic) bond motifs is 1. The van der Waals surface area contributed by atoms with Crippen molar-refractivity contribution in [3.63, 3.8) is 0 Å². The molecule has 0 aromatic heterocycles. The molecule has 2 aromatic carbocycles. The van der Waals surface area contributed by atoms with Crippen LogP contribution in [-0.4, -0.2) is 0 Å². The third kappa shape index (κ3) is 2.59. The van der Waals surface area contributed by atoms with Gasteiger partial charge in [-0.2, -0.15) is 0 Å². The molecule has 2 aromatic rings. The first-order chi connectivity index (χ1) is 7.61. The fourth-order valence-corrected chi connectivity index (χ4v) is 4.60. The second-order valence-corrected chi connectivity index (χ2v) is 10.1. The molecule has 0 radical (unpaired) electrons. The second-order valence-electron chi connectivity index (χ2n) is 3.12. The van der Waals surface area contributed by atoms with Gasteiger partial charge in [0, 0.05) is 16.0 Å². The van der Waals surface area contributed by atoms with Crippen LogP contribution in [0.5, 0.6) is 0 Å². The molecule has 0 fully saturated rings. The maximum absolute atomic E-state index is 6.01. The summed E-state index contributed by atoms with van der Waals surface area (Å²) in [5, 5.41) is 3.90. The Kier molecular flexibility index (Phi) is 4.58. The van der Waals surface area contributed by atoms with Crippen molar-refractivity contribution in [1.82, 2.24) is 0 Å². The van der Waals surface area contributed by atoms with Gasteiger partial charge in [0.25, 0.3) is 0 Å². The average Bonchev–Trinajstić information content (AvgIpc) is 2.27. The van der Waals surface area contributed by atoms with E-state index in [1.807, 2.05) is 36.4 Å². The van der Waals surface area contributed by atoms with E-state index in [2.05, 4.69) is 0 Å². The van der Waals surface area contributed by atoms with Crippen LogP contribution in [0.3, 0.4) is 0 Å². The van der Waals surface area contributed by atoms with Crippen molar-refractivity contribution in [1.29, 1.82) is 0 Å². The van der Waals surface area contributed by atoms with Gasteiger partial charge in [0.15, 0.2) is 0 Å². The molecule has 84 valence electrons. The van der Waals surface area contributed by atoms with Gasteiger partial charge in [-0.1, -0.05) is 81.4 Å². The molecule has 0 N–H and O–H groups in total. The van der Waals surface area contributed by atoms with E-state index >= 15 is 0 Å². The van der Waals surface area contributed by atoms with E-state index in [-0.39, 0.29) is 0 Å². The molecule has 0 saturated heterocycles. The molecule has 0 aliphatic rings. The van der Waals surface area contributed by atoms with Gasteiger partial charge in [-0.05, 0) is 5.39 Å². The normalized spacial score (nSPS) is 11.6. The SMILES string of the molecule is ClP(Cl)c1cccc2cccc(P(Cl)Cl)c12. The number of benzene rings is 2. The molecule has 0 atom stereocenters. The standard InChI is InChI=1S/C10H6Cl4P2/c11-15(12)8-5-1-3-7-4-2-6-9(10(7)8)16(13)14/h1-6H. The molecule has 0 bridgehead atoms. The molecule has 0 amide bonds. The van der Waals surface area contributed by atoms with Crippen molar-refractivity contribution in [3.8, 4) is 0 Å². The van der Waals surface area contributed by atoms with E-state index in [1.54, 1.807) is 0 Å². The van der Waals surface area contributed by atoms with E-state index < -0.39 is 13.3 Å². The zero-order valence-corrected chi connectivity index (χ0v) is 12.7. The fraction of sp³-hybridized carbons (Fsp3) is 0. The lowest BCUT2D eigenvalue weighted by Gasteiger charge is -2.11. The van der Waals surface area contributed by atoms with E-state index in [4.69, 9.17) is 45.0 Å². The van der Waals surface area contributed by atoms with Crippen LogP contribution in [0.4, 0.5) is 0 Å². The van der Waals surface area contributed by atoms with Crippen LogP contribution < -0.4 is 10.6 Å². The Balaban J connectivity index is 2.82. The van der Waals surface area contributed by atoms with E-state index in [9.17, 15) is 0 Å². The Morgan fingerprint density at radius 2 is 1.12 bits per heavy atom. The molecule has 0 aliphatic heterocycles. The highest BCUT2D eigenvalue weighted by atomic mass is 35.9. The Morgan fingerprint density at radius 3 is 1.50 bits per heavy atom. The molecule has 0 heterocycles. The van der Waals surface area contributed by atoms with Crippen molar-refractivity contribution in [3.05, 3.63) is 36.4 Å². The number of rotatable bonds is 2. The van der Waals surface area contributed by atoms with Crippen LogP contribution in [0, 0.1) is 0 Å². The highest BCUT2D eigenvalue weighted by Crippen LogP contribution is 2.50. The second kappa shape index (κ2) is 5.57. The third-order valence-electron chi connectivity index (χ3n) is 2.22. The van der Waals surface area contributed by atoms with Crippen LogP contribution >= 0.6 is 58.2 Å². The topological polar surface area (TPSA) is 0 Å². The first-order valence-electron chi connectivity index (χ1n) is 4.36. The lowest BCUT2D eigenvalue weighted by Crippen LogP contribution is -2.07. The number of halogens is 4. The summed E-state index contributed by atoms with van der Waals surface area (Å²) in [6.45, 7) is -2.40. The first kappa shape index (κ1) is 13.2. The average molecular weight is 330 g/mol. The summed E-state index contributed by atoms with van der Waals surface area (Å²) in [5.74, 6) is 0. The summed E-state index contributed by atoms with van der Waals surface area (Å²) >= 11 is 24.0. The zero-order valence-electron chi connectivity index (χ0n) is 7.87. The van der Waals surface area contributed by atoms with Crippen molar-refractivity contribution in [2.75, 3.05) is 0 Å². The zero-order chi connectivity index (χ0) is 11.7. The minimum Gasteiger partial charge on any atom is -0.0727 e. The molecule has 2 rings (SSSR count). The predicted octanol–water partition coefficient (Wildman–Crippen LogP) is 5.67. The molecule has 0 aliphatic carbocycles. The monoisotopic (exact) mass is 328 g/mol. The molecule has 0 unspecified atom stereocenters. The predicted molar refractivity (Wildman–Crippen MR) is 80.5 cm³/mol. The summed E-state index contributed by atoms with van der Waals surface area (Å²) in [5.41, 5.74) is 0. The van der Waals surface area contributed by atoms with Gasteiger partial charge < -0.3 is 0 Å². The van der Waals surface area contributed by atoms with Gasteiger partial charge in [-0.3, -0.25) is 0 Å². The minimum atomic E-state index is -1.20. The fourth-order valence-electron chi connectivity index (χ4n) is 1.58. The molecule has 0 saturated carbocycles. The largest absolute Gasteiger partial charge is 0.117 e. The Labute approximate surface area is 115 Å². The molecule has 6 heteroatoms. The van der Waals surface area contributed by atoms with Crippen molar-refractivity contribution in [2.45, 2.75) is 0 Å². The van der Waals surface area contributed by atoms with E-state index in [0.29, 0.717) is 0 Å². The van der Waals surface area contributed by atoms with Gasteiger partial charge in [0.05, 0.1) is 0 Å². The lowest BCUT2D eigenvalue weighted by molar-refractivity contribution is 1.82. The van der Waals surface area contributed by atoms with Gasteiger partial charge in [-0.15, -0.1) is 0 Å². The minimum absolute atomic E-state index is 0.917. The quantitative estimate of drug-likeness (QED) is 0.623. The van der Waals surface area contributed by atoms with E-state index in [1.165, 1.54) is 0 Å². The number of hydrogen-bond acceptors (Lipinski definition) is 0. The van der Waals surface area contributed by atoms with Gasteiger partial charge in [0.1, 0.15) is 13.3 Å². The Morgan fingerprint density at radius 1 is 0.688 bits per heavy atom. The first-order valence-corrected chi connectivity index (χ1v) is 10.7. The molecular formula is C10H6Cl4P2. The summed E-state index contributed by atoms with van der Waals surface area (Å²) in [4.78, 5) is 0.